The molecule has 4 nitrogen and oxygen atoms in total. The van der Waals surface area contributed by atoms with Crippen LogP contribution in [0.3, 0.4) is 0 Å². The zero-order valence-corrected chi connectivity index (χ0v) is 13.6. The summed E-state index contributed by atoms with van der Waals surface area (Å²) in [5.74, 6) is 0. The highest BCUT2D eigenvalue weighted by atomic mass is 79.9. The van der Waals surface area contributed by atoms with Gasteiger partial charge in [0, 0.05) is 25.0 Å². The second-order valence-electron chi connectivity index (χ2n) is 3.30. The van der Waals surface area contributed by atoms with E-state index in [2.05, 4.69) is 21.2 Å². The van der Waals surface area contributed by atoms with Crippen LogP contribution in [0.4, 0.5) is 8.78 Å². The maximum absolute atomic E-state index is 11.6. The molecule has 0 rings (SSSR count). The van der Waals surface area contributed by atoms with Crippen molar-refractivity contribution in [2.75, 3.05) is 64.6 Å². The number of alkyl halides is 3. The molecule has 0 fully saturated rings. The first-order valence-electron chi connectivity index (χ1n) is 6.50. The van der Waals surface area contributed by atoms with E-state index in [9.17, 15) is 8.78 Å². The summed E-state index contributed by atoms with van der Waals surface area (Å²) in [6.07, 6.45) is 0. The van der Waals surface area contributed by atoms with Crippen molar-refractivity contribution in [2.45, 2.75) is 13.8 Å². The molecule has 0 bridgehead atoms. The molecule has 0 aliphatic carbocycles. The molecule has 120 valence electrons. The highest BCUT2D eigenvalue weighted by Crippen LogP contribution is 1.85. The van der Waals surface area contributed by atoms with Gasteiger partial charge in [-0.3, -0.25) is 9.29 Å². The van der Waals surface area contributed by atoms with Crippen molar-refractivity contribution in [3.8, 4) is 0 Å². The molecule has 3 N–H and O–H groups in total. The van der Waals surface area contributed by atoms with Crippen molar-refractivity contribution >= 4 is 15.9 Å². The molecule has 0 unspecified atom stereocenters. The summed E-state index contributed by atoms with van der Waals surface area (Å²) >= 11 is 2.87. The molecule has 0 heterocycles. The van der Waals surface area contributed by atoms with Crippen molar-refractivity contribution in [1.29, 1.82) is 0 Å². The fourth-order valence-electron chi connectivity index (χ4n) is 0.945. The Morgan fingerprint density at radius 1 is 1.05 bits per heavy atom. The summed E-state index contributed by atoms with van der Waals surface area (Å²) < 4.78 is 22.3. The van der Waals surface area contributed by atoms with Gasteiger partial charge in [0.1, 0.15) is 6.67 Å². The molecular weight excluding hydrogens is 322 g/mol. The Morgan fingerprint density at radius 3 is 1.84 bits per heavy atom. The largest absolute Gasteiger partial charge is 0.395 e. The molecule has 19 heavy (non-hydrogen) atoms. The normalized spacial score (nSPS) is 9.47. The van der Waals surface area contributed by atoms with Gasteiger partial charge in [-0.05, 0) is 13.1 Å². The number of likely N-dealkylation sites (N-methyl/N-ethyl adjacent to an activating group) is 2. The van der Waals surface area contributed by atoms with E-state index < -0.39 is 0 Å². The van der Waals surface area contributed by atoms with E-state index in [0.29, 0.717) is 18.4 Å². The standard InChI is InChI=1S/C6H14FNO.C4H11NO.C2H4BrF/c1-2-8(4-3-7)5-6-9;1-2-5-3-4-6;3-1-2-4/h9H,2-6H2,1H3;5-6H,2-4H2,1H3;1-2H2. The van der Waals surface area contributed by atoms with Crippen LogP contribution in [0.1, 0.15) is 13.8 Å². The van der Waals surface area contributed by atoms with Gasteiger partial charge in [-0.25, -0.2) is 4.39 Å². The van der Waals surface area contributed by atoms with E-state index in [0.717, 1.165) is 19.6 Å². The SMILES string of the molecule is CCN(CCO)CCF.CCNCCO.FCCBr. The topological polar surface area (TPSA) is 55.7 Å². The predicted octanol–water partition coefficient (Wildman–Crippen LogP) is 1.21. The number of hydrogen-bond acceptors (Lipinski definition) is 4. The summed E-state index contributed by atoms with van der Waals surface area (Å²) in [4.78, 5) is 1.86. The third-order valence-corrected chi connectivity index (χ3v) is 2.17. The van der Waals surface area contributed by atoms with Crippen molar-refractivity contribution in [2.24, 2.45) is 0 Å². The Labute approximate surface area is 124 Å². The van der Waals surface area contributed by atoms with Gasteiger partial charge in [0.25, 0.3) is 0 Å². The fourth-order valence-corrected chi connectivity index (χ4v) is 0.945. The quantitative estimate of drug-likeness (QED) is 0.432. The summed E-state index contributed by atoms with van der Waals surface area (Å²) in [6.45, 7) is 7.23. The minimum atomic E-state index is -0.326. The van der Waals surface area contributed by atoms with E-state index in [1.807, 2.05) is 18.7 Å². The molecule has 0 aliphatic heterocycles. The lowest BCUT2D eigenvalue weighted by molar-refractivity contribution is 0.192. The Bertz CT molecular complexity index is 126. The van der Waals surface area contributed by atoms with Gasteiger partial charge in [-0.2, -0.15) is 0 Å². The molecular formula is C12H29BrF2N2O2. The second kappa shape index (κ2) is 26.7. The predicted molar refractivity (Wildman–Crippen MR) is 80.6 cm³/mol. The van der Waals surface area contributed by atoms with E-state index >= 15 is 0 Å². The molecule has 0 saturated carbocycles. The van der Waals surface area contributed by atoms with Crippen LogP contribution in [-0.4, -0.2) is 79.7 Å². The first kappa shape index (κ1) is 24.2. The van der Waals surface area contributed by atoms with Crippen LogP contribution in [0.2, 0.25) is 0 Å². The number of nitrogens with one attached hydrogen (secondary N) is 1. The van der Waals surface area contributed by atoms with Gasteiger partial charge in [0.2, 0.25) is 0 Å². The van der Waals surface area contributed by atoms with Gasteiger partial charge in [-0.15, -0.1) is 0 Å². The third-order valence-electron chi connectivity index (χ3n) is 1.87. The van der Waals surface area contributed by atoms with Crippen molar-refractivity contribution in [1.82, 2.24) is 10.2 Å². The Hall–Kier alpha value is 0.180. The lowest BCUT2D eigenvalue weighted by Crippen LogP contribution is -2.28. The second-order valence-corrected chi connectivity index (χ2v) is 4.09. The highest BCUT2D eigenvalue weighted by Gasteiger charge is 1.97. The van der Waals surface area contributed by atoms with Crippen LogP contribution in [0.15, 0.2) is 0 Å². The first-order valence-corrected chi connectivity index (χ1v) is 7.63. The smallest absolute Gasteiger partial charge is 0.102 e. The average molecular weight is 351 g/mol. The molecule has 0 radical (unpaired) electrons. The number of hydrogen-bond donors (Lipinski definition) is 3. The Balaban J connectivity index is -0.000000222. The average Bonchev–Trinajstić information content (AvgIpc) is 2.45. The Morgan fingerprint density at radius 2 is 1.63 bits per heavy atom. The summed E-state index contributed by atoms with van der Waals surface area (Å²) in [7, 11) is 0. The van der Waals surface area contributed by atoms with Crippen LogP contribution in [-0.2, 0) is 0 Å². The summed E-state index contributed by atoms with van der Waals surface area (Å²) in [5.41, 5.74) is 0. The molecule has 0 aromatic rings. The molecule has 0 aromatic carbocycles. The number of aliphatic hydroxyl groups excluding tert-OH is 2. The molecule has 0 atom stereocenters. The van der Waals surface area contributed by atoms with E-state index in [1.54, 1.807) is 0 Å². The van der Waals surface area contributed by atoms with Gasteiger partial charge >= 0.3 is 0 Å². The zero-order valence-electron chi connectivity index (χ0n) is 12.0. The van der Waals surface area contributed by atoms with Crippen molar-refractivity contribution in [3.63, 3.8) is 0 Å². The maximum atomic E-state index is 11.6. The maximum Gasteiger partial charge on any atom is 0.102 e. The number of nitrogens with zero attached hydrogens (tertiary/aromatic N) is 1. The van der Waals surface area contributed by atoms with Crippen LogP contribution in [0.5, 0.6) is 0 Å². The molecule has 0 spiro atoms. The zero-order chi connectivity index (χ0) is 15.4. The third kappa shape index (κ3) is 32.1. The molecule has 0 amide bonds. The first-order chi connectivity index (χ1) is 9.17. The molecule has 0 aromatic heterocycles. The fraction of sp³-hybridized carbons (Fsp3) is 1.00. The van der Waals surface area contributed by atoms with E-state index in [1.165, 1.54) is 0 Å². The van der Waals surface area contributed by atoms with Crippen molar-refractivity contribution in [3.05, 3.63) is 0 Å². The monoisotopic (exact) mass is 350 g/mol. The molecule has 0 aliphatic rings. The lowest BCUT2D eigenvalue weighted by atomic mass is 10.5. The Kier molecular flexibility index (Phi) is 34.0. The minimum Gasteiger partial charge on any atom is -0.395 e. The molecule has 7 heteroatoms. The van der Waals surface area contributed by atoms with Gasteiger partial charge < -0.3 is 15.5 Å². The van der Waals surface area contributed by atoms with Gasteiger partial charge in [0.05, 0.1) is 19.9 Å². The lowest BCUT2D eigenvalue weighted by Gasteiger charge is -2.15. The van der Waals surface area contributed by atoms with Gasteiger partial charge in [-0.1, -0.05) is 29.8 Å². The number of aliphatic hydroxyl groups is 2. The van der Waals surface area contributed by atoms with Crippen LogP contribution in [0.25, 0.3) is 0 Å². The highest BCUT2D eigenvalue weighted by molar-refractivity contribution is 9.09. The number of halogens is 3. The minimum absolute atomic E-state index is 0.119. The number of rotatable bonds is 9. The summed E-state index contributed by atoms with van der Waals surface area (Å²) in [6, 6.07) is 0. The van der Waals surface area contributed by atoms with Crippen molar-refractivity contribution < 1.29 is 19.0 Å². The van der Waals surface area contributed by atoms with Crippen LogP contribution in [0, 0.1) is 0 Å². The van der Waals surface area contributed by atoms with E-state index in [4.69, 9.17) is 10.2 Å². The van der Waals surface area contributed by atoms with Crippen LogP contribution < -0.4 is 5.32 Å². The van der Waals surface area contributed by atoms with Crippen LogP contribution >= 0.6 is 15.9 Å². The van der Waals surface area contributed by atoms with Gasteiger partial charge in [0.15, 0.2) is 0 Å². The molecule has 0 saturated heterocycles. The van der Waals surface area contributed by atoms with E-state index in [-0.39, 0.29) is 26.6 Å². The summed E-state index contributed by atoms with van der Waals surface area (Å²) in [5, 5.41) is 20.0.